The lowest BCUT2D eigenvalue weighted by atomic mass is 9.96. The van der Waals surface area contributed by atoms with Crippen molar-refractivity contribution in [3.63, 3.8) is 0 Å². The summed E-state index contributed by atoms with van der Waals surface area (Å²) in [5.41, 5.74) is 1.69. The first-order chi connectivity index (χ1) is 8.48. The SMILES string of the molecule is CNC(c1c(Br)cnn1CCN(C)C)C1(C)CC1. The molecule has 5 heteroatoms. The molecule has 1 heterocycles. The van der Waals surface area contributed by atoms with Crippen molar-refractivity contribution in [3.05, 3.63) is 16.4 Å². The molecule has 102 valence electrons. The zero-order valence-corrected chi connectivity index (χ0v) is 13.3. The first-order valence-electron chi connectivity index (χ1n) is 6.51. The van der Waals surface area contributed by atoms with Crippen LogP contribution in [0.15, 0.2) is 10.7 Å². The van der Waals surface area contributed by atoms with Crippen molar-refractivity contribution in [2.45, 2.75) is 32.4 Å². The highest BCUT2D eigenvalue weighted by Gasteiger charge is 2.46. The van der Waals surface area contributed by atoms with Gasteiger partial charge in [-0.05, 0) is 55.3 Å². The van der Waals surface area contributed by atoms with Crippen LogP contribution < -0.4 is 5.32 Å². The Kier molecular flexibility index (Phi) is 4.14. The van der Waals surface area contributed by atoms with Gasteiger partial charge in [0.2, 0.25) is 0 Å². The highest BCUT2D eigenvalue weighted by Crippen LogP contribution is 2.55. The van der Waals surface area contributed by atoms with Crippen molar-refractivity contribution < 1.29 is 0 Å². The number of nitrogens with zero attached hydrogens (tertiary/aromatic N) is 3. The van der Waals surface area contributed by atoms with Gasteiger partial charge in [-0.15, -0.1) is 0 Å². The maximum absolute atomic E-state index is 4.50. The van der Waals surface area contributed by atoms with Crippen molar-refractivity contribution in [3.8, 4) is 0 Å². The minimum Gasteiger partial charge on any atom is -0.311 e. The molecule has 1 saturated carbocycles. The van der Waals surface area contributed by atoms with Crippen LogP contribution in [0, 0.1) is 5.41 Å². The van der Waals surface area contributed by atoms with Crippen LogP contribution >= 0.6 is 15.9 Å². The van der Waals surface area contributed by atoms with Gasteiger partial charge in [0.15, 0.2) is 0 Å². The smallest absolute Gasteiger partial charge is 0.0701 e. The minimum atomic E-state index is 0.386. The first-order valence-corrected chi connectivity index (χ1v) is 7.30. The van der Waals surface area contributed by atoms with Gasteiger partial charge in [-0.25, -0.2) is 0 Å². The van der Waals surface area contributed by atoms with E-state index in [9.17, 15) is 0 Å². The monoisotopic (exact) mass is 314 g/mol. The molecule has 0 radical (unpaired) electrons. The number of likely N-dealkylation sites (N-methyl/N-ethyl adjacent to an activating group) is 1. The second-order valence-electron chi connectivity index (χ2n) is 5.78. The van der Waals surface area contributed by atoms with E-state index >= 15 is 0 Å². The molecule has 0 amide bonds. The Morgan fingerprint density at radius 2 is 2.22 bits per heavy atom. The normalized spacial score (nSPS) is 19.2. The van der Waals surface area contributed by atoms with Gasteiger partial charge in [0.25, 0.3) is 0 Å². The van der Waals surface area contributed by atoms with Crippen LogP contribution in [0.25, 0.3) is 0 Å². The van der Waals surface area contributed by atoms with Crippen molar-refractivity contribution in [2.75, 3.05) is 27.7 Å². The summed E-state index contributed by atoms with van der Waals surface area (Å²) < 4.78 is 3.25. The Balaban J connectivity index is 2.22. The molecule has 0 spiro atoms. The van der Waals surface area contributed by atoms with Gasteiger partial charge in [-0.3, -0.25) is 4.68 Å². The summed E-state index contributed by atoms with van der Waals surface area (Å²) >= 11 is 3.65. The molecule has 0 aromatic carbocycles. The largest absolute Gasteiger partial charge is 0.311 e. The van der Waals surface area contributed by atoms with E-state index in [1.165, 1.54) is 18.5 Å². The molecule has 18 heavy (non-hydrogen) atoms. The molecule has 1 aliphatic rings. The molecule has 1 unspecified atom stereocenters. The van der Waals surface area contributed by atoms with Crippen LogP contribution in [0.3, 0.4) is 0 Å². The van der Waals surface area contributed by atoms with Gasteiger partial charge in [0.1, 0.15) is 0 Å². The molecule has 0 saturated heterocycles. The highest BCUT2D eigenvalue weighted by molar-refractivity contribution is 9.10. The summed E-state index contributed by atoms with van der Waals surface area (Å²) in [6.07, 6.45) is 4.51. The number of nitrogens with one attached hydrogen (secondary N) is 1. The number of aromatic nitrogens is 2. The molecular formula is C13H23BrN4. The molecule has 1 fully saturated rings. The first kappa shape index (κ1) is 14.0. The zero-order valence-electron chi connectivity index (χ0n) is 11.7. The van der Waals surface area contributed by atoms with E-state index in [1.807, 2.05) is 13.2 Å². The van der Waals surface area contributed by atoms with E-state index in [-0.39, 0.29) is 0 Å². The second kappa shape index (κ2) is 5.31. The van der Waals surface area contributed by atoms with Crippen LogP contribution in [0.2, 0.25) is 0 Å². The molecular weight excluding hydrogens is 292 g/mol. The molecule has 1 aromatic rings. The Morgan fingerprint density at radius 3 is 2.72 bits per heavy atom. The maximum atomic E-state index is 4.50. The number of rotatable bonds is 6. The molecule has 0 bridgehead atoms. The van der Waals surface area contributed by atoms with Gasteiger partial charge in [-0.2, -0.15) is 5.10 Å². The van der Waals surface area contributed by atoms with Crippen molar-refractivity contribution >= 4 is 15.9 Å². The van der Waals surface area contributed by atoms with Crippen molar-refractivity contribution in [1.82, 2.24) is 20.0 Å². The predicted octanol–water partition coefficient (Wildman–Crippen LogP) is 2.27. The molecule has 1 N–H and O–H groups in total. The fourth-order valence-electron chi connectivity index (χ4n) is 2.43. The van der Waals surface area contributed by atoms with Gasteiger partial charge in [0.05, 0.1) is 29.0 Å². The minimum absolute atomic E-state index is 0.386. The molecule has 2 rings (SSSR count). The summed E-state index contributed by atoms with van der Waals surface area (Å²) in [5, 5.41) is 7.97. The third-order valence-corrected chi connectivity index (χ3v) is 4.50. The van der Waals surface area contributed by atoms with Crippen molar-refractivity contribution in [2.24, 2.45) is 5.41 Å². The lowest BCUT2D eigenvalue weighted by Gasteiger charge is -2.25. The molecule has 0 aliphatic heterocycles. The third kappa shape index (κ3) is 2.78. The average Bonchev–Trinajstić information content (AvgIpc) is 2.95. The highest BCUT2D eigenvalue weighted by atomic mass is 79.9. The molecule has 1 aliphatic carbocycles. The Morgan fingerprint density at radius 1 is 1.56 bits per heavy atom. The van der Waals surface area contributed by atoms with E-state index < -0.39 is 0 Å². The second-order valence-corrected chi connectivity index (χ2v) is 6.63. The van der Waals surface area contributed by atoms with E-state index in [2.05, 4.69) is 56.9 Å². The summed E-state index contributed by atoms with van der Waals surface area (Å²) in [4.78, 5) is 2.19. The fourth-order valence-corrected chi connectivity index (χ4v) is 2.96. The molecule has 1 aromatic heterocycles. The Hall–Kier alpha value is -0.390. The van der Waals surface area contributed by atoms with Crippen molar-refractivity contribution in [1.29, 1.82) is 0 Å². The zero-order chi connectivity index (χ0) is 13.3. The van der Waals surface area contributed by atoms with Crippen LogP contribution in [-0.4, -0.2) is 42.4 Å². The standard InChI is InChI=1S/C13H23BrN4/c1-13(5-6-13)12(15-2)11-10(14)9-16-18(11)8-7-17(3)4/h9,12,15H,5-8H2,1-4H3. The van der Waals surface area contributed by atoms with Gasteiger partial charge in [0, 0.05) is 6.54 Å². The average molecular weight is 315 g/mol. The van der Waals surface area contributed by atoms with Crippen LogP contribution in [0.1, 0.15) is 31.5 Å². The Labute approximate surface area is 118 Å². The van der Waals surface area contributed by atoms with E-state index in [1.54, 1.807) is 0 Å². The summed E-state index contributed by atoms with van der Waals surface area (Å²) in [6, 6.07) is 0.386. The van der Waals surface area contributed by atoms with E-state index in [0.29, 0.717) is 11.5 Å². The van der Waals surface area contributed by atoms with E-state index in [0.717, 1.165) is 17.6 Å². The lowest BCUT2D eigenvalue weighted by Crippen LogP contribution is -2.29. The third-order valence-electron chi connectivity index (χ3n) is 3.89. The fraction of sp³-hybridized carbons (Fsp3) is 0.769. The lowest BCUT2D eigenvalue weighted by molar-refractivity contribution is 0.334. The van der Waals surface area contributed by atoms with Crippen LogP contribution in [0.4, 0.5) is 0 Å². The quantitative estimate of drug-likeness (QED) is 0.874. The summed E-state index contributed by atoms with van der Waals surface area (Å²) in [5.74, 6) is 0. The molecule has 4 nitrogen and oxygen atoms in total. The van der Waals surface area contributed by atoms with Gasteiger partial charge >= 0.3 is 0 Å². The Bertz CT molecular complexity index is 409. The van der Waals surface area contributed by atoms with Gasteiger partial charge < -0.3 is 10.2 Å². The number of halogens is 1. The predicted molar refractivity (Wildman–Crippen MR) is 77.6 cm³/mol. The maximum Gasteiger partial charge on any atom is 0.0701 e. The van der Waals surface area contributed by atoms with Crippen LogP contribution in [0.5, 0.6) is 0 Å². The number of hydrogen-bond acceptors (Lipinski definition) is 3. The topological polar surface area (TPSA) is 33.1 Å². The number of hydrogen-bond donors (Lipinski definition) is 1. The van der Waals surface area contributed by atoms with E-state index in [4.69, 9.17) is 0 Å². The summed E-state index contributed by atoms with van der Waals surface area (Å²) in [7, 11) is 6.23. The van der Waals surface area contributed by atoms with Crippen LogP contribution in [-0.2, 0) is 6.54 Å². The van der Waals surface area contributed by atoms with Gasteiger partial charge in [-0.1, -0.05) is 6.92 Å². The summed E-state index contributed by atoms with van der Waals surface area (Å²) in [6.45, 7) is 4.29. The molecule has 1 atom stereocenters.